The van der Waals surface area contributed by atoms with Gasteiger partial charge in [-0.15, -0.1) is 0 Å². The van der Waals surface area contributed by atoms with E-state index in [9.17, 15) is 8.42 Å². The topological polar surface area (TPSA) is 34.1 Å². The molecule has 110 valence electrons. The summed E-state index contributed by atoms with van der Waals surface area (Å²) in [5.41, 5.74) is 1.88. The SMILES string of the molecule is O=S(=O)(c1ccc(Br)cc1)c1cccc(-c2ccccc2)c1. The van der Waals surface area contributed by atoms with E-state index in [1.54, 1.807) is 42.5 Å². The number of hydrogen-bond donors (Lipinski definition) is 0. The molecule has 4 heteroatoms. The summed E-state index contributed by atoms with van der Waals surface area (Å²) in [4.78, 5) is 0.595. The summed E-state index contributed by atoms with van der Waals surface area (Å²) in [7, 11) is -3.51. The minimum atomic E-state index is -3.51. The largest absolute Gasteiger partial charge is 0.219 e. The van der Waals surface area contributed by atoms with Crippen LogP contribution >= 0.6 is 15.9 Å². The van der Waals surface area contributed by atoms with Gasteiger partial charge in [0, 0.05) is 4.47 Å². The monoisotopic (exact) mass is 372 g/mol. The Bertz CT molecular complexity index is 886. The molecule has 0 spiro atoms. The molecule has 0 heterocycles. The van der Waals surface area contributed by atoms with Crippen LogP contribution < -0.4 is 0 Å². The van der Waals surface area contributed by atoms with Crippen molar-refractivity contribution >= 4 is 25.8 Å². The lowest BCUT2D eigenvalue weighted by atomic mass is 10.1. The fourth-order valence-corrected chi connectivity index (χ4v) is 3.79. The first-order valence-electron chi connectivity index (χ1n) is 6.73. The molecule has 0 fully saturated rings. The van der Waals surface area contributed by atoms with Crippen LogP contribution in [0.4, 0.5) is 0 Å². The van der Waals surface area contributed by atoms with Crippen molar-refractivity contribution in [2.45, 2.75) is 9.79 Å². The number of rotatable bonds is 3. The standard InChI is InChI=1S/C18H13BrO2S/c19-16-9-11-17(12-10-16)22(20,21)18-8-4-7-15(13-18)14-5-2-1-3-6-14/h1-13H. The van der Waals surface area contributed by atoms with Crippen LogP contribution in [0.1, 0.15) is 0 Å². The molecule has 0 unspecified atom stereocenters. The molecule has 0 amide bonds. The van der Waals surface area contributed by atoms with Crippen molar-refractivity contribution < 1.29 is 8.42 Å². The summed E-state index contributed by atoms with van der Waals surface area (Å²) < 4.78 is 26.3. The summed E-state index contributed by atoms with van der Waals surface area (Å²) in [6.45, 7) is 0. The van der Waals surface area contributed by atoms with Gasteiger partial charge in [0.15, 0.2) is 0 Å². The van der Waals surface area contributed by atoms with Crippen molar-refractivity contribution in [2.24, 2.45) is 0 Å². The third-order valence-corrected chi connectivity index (χ3v) is 5.67. The molecule has 3 aromatic rings. The Morgan fingerprint density at radius 2 is 1.27 bits per heavy atom. The van der Waals surface area contributed by atoms with E-state index in [0.29, 0.717) is 9.79 Å². The van der Waals surface area contributed by atoms with E-state index in [-0.39, 0.29) is 0 Å². The zero-order valence-electron chi connectivity index (χ0n) is 11.6. The fourth-order valence-electron chi connectivity index (χ4n) is 2.22. The van der Waals surface area contributed by atoms with Crippen LogP contribution in [0.2, 0.25) is 0 Å². The molecule has 0 aliphatic carbocycles. The second-order valence-corrected chi connectivity index (χ2v) is 7.72. The van der Waals surface area contributed by atoms with Gasteiger partial charge in [-0.2, -0.15) is 0 Å². The quantitative estimate of drug-likeness (QED) is 0.651. The van der Waals surface area contributed by atoms with Crippen molar-refractivity contribution in [1.29, 1.82) is 0 Å². The molecule has 3 aromatic carbocycles. The third kappa shape index (κ3) is 2.98. The van der Waals surface area contributed by atoms with Crippen molar-refractivity contribution in [3.63, 3.8) is 0 Å². The molecule has 2 nitrogen and oxygen atoms in total. The van der Waals surface area contributed by atoms with Crippen LogP contribution in [-0.4, -0.2) is 8.42 Å². The van der Waals surface area contributed by atoms with Crippen molar-refractivity contribution in [3.8, 4) is 11.1 Å². The molecule has 0 radical (unpaired) electrons. The Hall–Kier alpha value is -1.91. The number of hydrogen-bond acceptors (Lipinski definition) is 2. The maximum absolute atomic E-state index is 12.7. The molecule has 0 bridgehead atoms. The van der Waals surface area contributed by atoms with Crippen LogP contribution in [0.15, 0.2) is 93.1 Å². The molecule has 0 saturated heterocycles. The van der Waals surface area contributed by atoms with Gasteiger partial charge < -0.3 is 0 Å². The molecule has 3 rings (SSSR count). The molecule has 0 aliphatic rings. The van der Waals surface area contributed by atoms with Gasteiger partial charge in [-0.3, -0.25) is 0 Å². The average Bonchev–Trinajstić information content (AvgIpc) is 2.56. The summed E-state index contributed by atoms with van der Waals surface area (Å²) >= 11 is 3.32. The van der Waals surface area contributed by atoms with Gasteiger partial charge >= 0.3 is 0 Å². The number of sulfone groups is 1. The normalized spacial score (nSPS) is 11.3. The molecular weight excluding hydrogens is 360 g/mol. The molecular formula is C18H13BrO2S. The van der Waals surface area contributed by atoms with Gasteiger partial charge in [-0.05, 0) is 47.5 Å². The highest BCUT2D eigenvalue weighted by molar-refractivity contribution is 9.10. The maximum atomic E-state index is 12.7. The van der Waals surface area contributed by atoms with E-state index in [1.807, 2.05) is 36.4 Å². The first kappa shape index (κ1) is 15.0. The number of halogens is 1. The fraction of sp³-hybridized carbons (Fsp3) is 0. The first-order valence-corrected chi connectivity index (χ1v) is 9.01. The lowest BCUT2D eigenvalue weighted by Crippen LogP contribution is -2.01. The second kappa shape index (κ2) is 6.07. The minimum Gasteiger partial charge on any atom is -0.219 e. The van der Waals surface area contributed by atoms with Crippen molar-refractivity contribution in [1.82, 2.24) is 0 Å². The van der Waals surface area contributed by atoms with E-state index in [1.165, 1.54) is 0 Å². The summed E-state index contributed by atoms with van der Waals surface area (Å²) in [6, 6.07) is 23.4. The van der Waals surface area contributed by atoms with E-state index >= 15 is 0 Å². The highest BCUT2D eigenvalue weighted by Crippen LogP contribution is 2.27. The van der Waals surface area contributed by atoms with Crippen LogP contribution in [0.25, 0.3) is 11.1 Å². The molecule has 0 atom stereocenters. The van der Waals surface area contributed by atoms with Crippen LogP contribution in [0.5, 0.6) is 0 Å². The molecule has 0 aliphatic heterocycles. The molecule has 0 aromatic heterocycles. The first-order chi connectivity index (χ1) is 10.6. The lowest BCUT2D eigenvalue weighted by molar-refractivity contribution is 0.596. The second-order valence-electron chi connectivity index (χ2n) is 4.85. The Kier molecular flexibility index (Phi) is 4.14. The lowest BCUT2D eigenvalue weighted by Gasteiger charge is -2.07. The predicted molar refractivity (Wildman–Crippen MR) is 91.5 cm³/mol. The third-order valence-electron chi connectivity index (χ3n) is 3.38. The Morgan fingerprint density at radius 3 is 1.95 bits per heavy atom. The van der Waals surface area contributed by atoms with Crippen molar-refractivity contribution in [2.75, 3.05) is 0 Å². The highest BCUT2D eigenvalue weighted by Gasteiger charge is 2.17. The zero-order chi connectivity index (χ0) is 15.6. The Balaban J connectivity index is 2.07. The van der Waals surface area contributed by atoms with Gasteiger partial charge in [0.05, 0.1) is 9.79 Å². The van der Waals surface area contributed by atoms with Gasteiger partial charge in [0.2, 0.25) is 9.84 Å². The van der Waals surface area contributed by atoms with Crippen molar-refractivity contribution in [3.05, 3.63) is 83.3 Å². The summed E-state index contributed by atoms with van der Waals surface area (Å²) in [6.07, 6.45) is 0. The molecule has 0 saturated carbocycles. The van der Waals surface area contributed by atoms with Gasteiger partial charge in [0.25, 0.3) is 0 Å². The smallest absolute Gasteiger partial charge is 0.206 e. The van der Waals surface area contributed by atoms with Crippen LogP contribution in [0.3, 0.4) is 0 Å². The predicted octanol–water partition coefficient (Wildman–Crippen LogP) is 4.95. The van der Waals surface area contributed by atoms with E-state index in [2.05, 4.69) is 15.9 Å². The van der Waals surface area contributed by atoms with Gasteiger partial charge in [-0.1, -0.05) is 58.4 Å². The summed E-state index contributed by atoms with van der Waals surface area (Å²) in [5, 5.41) is 0. The maximum Gasteiger partial charge on any atom is 0.206 e. The van der Waals surface area contributed by atoms with E-state index < -0.39 is 9.84 Å². The Labute approximate surface area is 138 Å². The summed E-state index contributed by atoms with van der Waals surface area (Å²) in [5.74, 6) is 0. The highest BCUT2D eigenvalue weighted by atomic mass is 79.9. The average molecular weight is 373 g/mol. The van der Waals surface area contributed by atoms with E-state index in [4.69, 9.17) is 0 Å². The van der Waals surface area contributed by atoms with Gasteiger partial charge in [0.1, 0.15) is 0 Å². The molecule has 22 heavy (non-hydrogen) atoms. The van der Waals surface area contributed by atoms with Crippen LogP contribution in [0, 0.1) is 0 Å². The van der Waals surface area contributed by atoms with Gasteiger partial charge in [-0.25, -0.2) is 8.42 Å². The number of benzene rings is 3. The Morgan fingerprint density at radius 1 is 0.636 bits per heavy atom. The van der Waals surface area contributed by atoms with Crippen LogP contribution in [-0.2, 0) is 9.84 Å². The van der Waals surface area contributed by atoms with E-state index in [0.717, 1.165) is 15.6 Å². The zero-order valence-corrected chi connectivity index (χ0v) is 14.0. The molecule has 0 N–H and O–H groups in total. The minimum absolute atomic E-state index is 0.293.